The Morgan fingerprint density at radius 3 is 2.49 bits per heavy atom. The van der Waals surface area contributed by atoms with Crippen LogP contribution in [0.5, 0.6) is 11.5 Å². The molecule has 0 aliphatic carbocycles. The zero-order valence-corrected chi connectivity index (χ0v) is 27.8. The predicted molar refractivity (Wildman–Crippen MR) is 175 cm³/mol. The van der Waals surface area contributed by atoms with Crippen LogP contribution in [0.25, 0.3) is 0 Å². The standard InChI is InChI=1S/C29H27N7O13S2/c1-29(2,26(44)45)49-35-19(13-9-51-27(30)32-13)22(42)34-20-23(43)36-24(48-28(46)47)11(8-50-25(20)36)18(10-3-4-14(37)15(38)5-10)33-21(41)12-6-16(39)17(40)7-31-12/h3-7,9,17-18,20,25,37-38,40H,8H2,1-2H3,(H2,30,32)(H,33,41)(H,34,42)(H,44,45)(H,46,47)/b35-19-/t17?,18?,20?,25-/m0/s1. The van der Waals surface area contributed by atoms with Gasteiger partial charge in [-0.2, -0.15) is 0 Å². The summed E-state index contributed by atoms with van der Waals surface area (Å²) < 4.78 is 5.05. The van der Waals surface area contributed by atoms with Crippen LogP contribution >= 0.6 is 23.1 Å². The number of ketones is 1. The lowest BCUT2D eigenvalue weighted by atomic mass is 9.96. The zero-order chi connectivity index (χ0) is 37.4. The lowest BCUT2D eigenvalue weighted by molar-refractivity contribution is -0.161. The number of aliphatic hydroxyl groups excluding tert-OH is 1. The number of aromatic hydroxyl groups is 2. The zero-order valence-electron chi connectivity index (χ0n) is 26.2. The number of nitrogens with two attached hydrogens (primary N) is 1. The molecule has 2 aromatic rings. The van der Waals surface area contributed by atoms with Crippen LogP contribution in [0.2, 0.25) is 0 Å². The number of oxime groups is 1. The Bertz CT molecular complexity index is 1970. The molecule has 3 unspecified atom stereocenters. The Morgan fingerprint density at radius 2 is 1.88 bits per heavy atom. The highest BCUT2D eigenvalue weighted by molar-refractivity contribution is 8.00. The van der Waals surface area contributed by atoms with Crippen molar-refractivity contribution in [3.8, 4) is 11.5 Å². The number of nitrogens with one attached hydrogen (secondary N) is 2. The van der Waals surface area contributed by atoms with Gasteiger partial charge in [-0.1, -0.05) is 11.2 Å². The predicted octanol–water partition coefficient (Wildman–Crippen LogP) is -0.218. The minimum Gasteiger partial charge on any atom is -0.504 e. The number of benzene rings is 1. The van der Waals surface area contributed by atoms with Gasteiger partial charge >= 0.3 is 12.1 Å². The second kappa shape index (κ2) is 14.1. The number of carbonyl (C=O) groups excluding carboxylic acids is 4. The number of phenols is 2. The molecule has 3 amide bonds. The first-order valence-corrected chi connectivity index (χ1v) is 16.3. The molecule has 0 radical (unpaired) electrons. The van der Waals surface area contributed by atoms with E-state index in [0.717, 1.165) is 52.4 Å². The number of aliphatic carboxylic acids is 1. The van der Waals surface area contributed by atoms with Gasteiger partial charge in [0.15, 0.2) is 34.2 Å². The Kier molecular flexibility index (Phi) is 10.0. The number of nitrogens with zero attached hydrogens (tertiary/aromatic N) is 4. The van der Waals surface area contributed by atoms with E-state index in [1.807, 2.05) is 0 Å². The van der Waals surface area contributed by atoms with Crippen LogP contribution in [0, 0.1) is 0 Å². The molecule has 51 heavy (non-hydrogen) atoms. The summed E-state index contributed by atoms with van der Waals surface area (Å²) in [4.78, 5) is 89.5. The maximum absolute atomic E-state index is 13.6. The number of phenolic OH excluding ortho intramolecular Hbond substituents is 2. The molecule has 268 valence electrons. The topological polar surface area (TPSA) is 313 Å². The molecule has 0 bridgehead atoms. The number of rotatable bonds is 11. The Morgan fingerprint density at radius 1 is 1.16 bits per heavy atom. The van der Waals surface area contributed by atoms with Gasteiger partial charge in [-0.3, -0.25) is 29.1 Å². The molecular weight excluding hydrogens is 718 g/mol. The quantitative estimate of drug-likeness (QED) is 0.0485. The second-order valence-electron chi connectivity index (χ2n) is 11.3. The number of thioether (sulfide) groups is 1. The molecule has 1 aromatic carbocycles. The van der Waals surface area contributed by atoms with Gasteiger partial charge in [0.2, 0.25) is 11.5 Å². The maximum Gasteiger partial charge on any atom is 0.512 e. The van der Waals surface area contributed by atoms with Gasteiger partial charge in [0.05, 0.1) is 6.04 Å². The summed E-state index contributed by atoms with van der Waals surface area (Å²) in [5.74, 6) is -6.90. The van der Waals surface area contributed by atoms with E-state index in [1.54, 1.807) is 0 Å². The van der Waals surface area contributed by atoms with E-state index in [0.29, 0.717) is 0 Å². The molecule has 0 saturated carbocycles. The number of aromatic nitrogens is 1. The molecule has 1 fully saturated rings. The summed E-state index contributed by atoms with van der Waals surface area (Å²) in [6.07, 6.45) is -1.78. The summed E-state index contributed by atoms with van der Waals surface area (Å²) >= 11 is 1.96. The first-order chi connectivity index (χ1) is 24.0. The van der Waals surface area contributed by atoms with Crippen LogP contribution < -0.4 is 16.4 Å². The van der Waals surface area contributed by atoms with Gasteiger partial charge in [0.25, 0.3) is 17.7 Å². The molecule has 3 aliphatic rings. The summed E-state index contributed by atoms with van der Waals surface area (Å²) in [5.41, 5.74) is 2.88. The van der Waals surface area contributed by atoms with E-state index >= 15 is 0 Å². The number of anilines is 1. The third kappa shape index (κ3) is 7.46. The lowest BCUT2D eigenvalue weighted by Gasteiger charge is -2.49. The van der Waals surface area contributed by atoms with E-state index in [-0.39, 0.29) is 27.7 Å². The summed E-state index contributed by atoms with van der Waals surface area (Å²) in [7, 11) is 0. The van der Waals surface area contributed by atoms with Gasteiger partial charge in [-0.25, -0.2) is 14.6 Å². The number of aliphatic imine (C=N–C) groups is 1. The average Bonchev–Trinajstić information content (AvgIpc) is 3.49. The SMILES string of the molecule is CC(C)(O/N=C(\C(=O)NC1C(=O)N2C(OC(=O)O)=C(C(NC(=O)C3=CC(=O)C(O)C=N3)c3ccc(O)c(O)c3)CS[C@@H]12)c1csc(N)n1)C(=O)O. The largest absolute Gasteiger partial charge is 0.512 e. The van der Waals surface area contributed by atoms with Crippen molar-refractivity contribution >= 4 is 75.8 Å². The molecule has 1 aromatic heterocycles. The fourth-order valence-electron chi connectivity index (χ4n) is 4.69. The van der Waals surface area contributed by atoms with E-state index in [2.05, 4.69) is 25.8 Å². The number of carboxylic acids is 1. The number of hydrogen-bond acceptors (Lipinski definition) is 17. The van der Waals surface area contributed by atoms with Crippen molar-refractivity contribution in [3.05, 3.63) is 58.1 Å². The summed E-state index contributed by atoms with van der Waals surface area (Å²) in [5, 5.41) is 57.9. The number of carboxylic acid groups (broad SMARTS) is 2. The van der Waals surface area contributed by atoms with E-state index in [4.69, 9.17) is 15.3 Å². The van der Waals surface area contributed by atoms with Crippen LogP contribution in [-0.2, 0) is 33.5 Å². The van der Waals surface area contributed by atoms with Gasteiger partial charge in [-0.05, 0) is 31.5 Å². The van der Waals surface area contributed by atoms with Gasteiger partial charge < -0.3 is 51.5 Å². The third-order valence-corrected chi connectivity index (χ3v) is 9.37. The van der Waals surface area contributed by atoms with Crippen molar-refractivity contribution in [1.29, 1.82) is 0 Å². The Labute approximate surface area is 293 Å². The summed E-state index contributed by atoms with van der Waals surface area (Å²) in [6.45, 7) is 2.37. The van der Waals surface area contributed by atoms with Crippen molar-refractivity contribution in [3.63, 3.8) is 0 Å². The molecule has 20 nitrogen and oxygen atoms in total. The fraction of sp³-hybridized carbons (Fsp3) is 0.276. The average molecular weight is 746 g/mol. The van der Waals surface area contributed by atoms with Crippen molar-refractivity contribution in [2.24, 2.45) is 10.1 Å². The van der Waals surface area contributed by atoms with Crippen molar-refractivity contribution < 1.29 is 63.9 Å². The number of nitrogen functional groups attached to an aromatic ring is 1. The van der Waals surface area contributed by atoms with Gasteiger partial charge in [0.1, 0.15) is 22.8 Å². The number of hydrogen-bond donors (Lipinski definition) is 8. The van der Waals surface area contributed by atoms with Gasteiger partial charge in [-0.15, -0.1) is 23.1 Å². The van der Waals surface area contributed by atoms with Crippen LogP contribution in [0.1, 0.15) is 31.1 Å². The Hall–Kier alpha value is -6.00. The number of amides is 3. The third-order valence-electron chi connectivity index (χ3n) is 7.39. The number of carbonyl (C=O) groups is 6. The highest BCUT2D eigenvalue weighted by Gasteiger charge is 2.55. The monoisotopic (exact) mass is 745 g/mol. The van der Waals surface area contributed by atoms with Gasteiger partial charge in [0, 0.05) is 29.0 Å². The number of β-lactam (4-membered cyclic amide) rings is 1. The van der Waals surface area contributed by atoms with Crippen molar-refractivity contribution in [1.82, 2.24) is 20.5 Å². The van der Waals surface area contributed by atoms with Crippen molar-refractivity contribution in [2.45, 2.75) is 43.0 Å². The first kappa shape index (κ1) is 36.3. The number of fused-ring (bicyclic) bond motifs is 1. The van der Waals surface area contributed by atoms with Crippen LogP contribution in [0.15, 0.2) is 57.0 Å². The van der Waals surface area contributed by atoms with E-state index in [1.165, 1.54) is 25.3 Å². The number of ether oxygens (including phenoxy) is 1. The smallest absolute Gasteiger partial charge is 0.504 e. The maximum atomic E-state index is 13.6. The highest BCUT2D eigenvalue weighted by atomic mass is 32.2. The first-order valence-electron chi connectivity index (χ1n) is 14.4. The molecule has 9 N–H and O–H groups in total. The lowest BCUT2D eigenvalue weighted by Crippen LogP contribution is -2.71. The van der Waals surface area contributed by atoms with Crippen LogP contribution in [-0.4, -0.2) is 112 Å². The number of thiazole rings is 1. The normalized spacial score (nSPS) is 20.8. The molecule has 4 heterocycles. The van der Waals surface area contributed by atoms with E-state index in [9.17, 15) is 54.3 Å². The minimum absolute atomic E-state index is 0.0218. The molecule has 3 aliphatic heterocycles. The molecule has 5 rings (SSSR count). The van der Waals surface area contributed by atoms with E-state index < -0.39 is 93.6 Å². The fourth-order valence-corrected chi connectivity index (χ4v) is 6.61. The highest BCUT2D eigenvalue weighted by Crippen LogP contribution is 2.45. The summed E-state index contributed by atoms with van der Waals surface area (Å²) in [6, 6.07) is 0.771. The molecule has 0 spiro atoms. The molecular formula is C29H27N7O13S2. The number of aliphatic hydroxyl groups is 1. The van der Waals surface area contributed by atoms with Crippen LogP contribution in [0.3, 0.4) is 0 Å². The van der Waals surface area contributed by atoms with Crippen LogP contribution in [0.4, 0.5) is 9.93 Å². The van der Waals surface area contributed by atoms with Crippen molar-refractivity contribution in [2.75, 3.05) is 11.5 Å². The Balaban J connectivity index is 1.47. The minimum atomic E-state index is -1.86. The second-order valence-corrected chi connectivity index (χ2v) is 13.3. The molecule has 4 atom stereocenters. The molecule has 22 heteroatoms. The molecule has 1 saturated heterocycles.